The van der Waals surface area contributed by atoms with Crippen LogP contribution in [0, 0.1) is 5.41 Å². The predicted octanol–water partition coefficient (Wildman–Crippen LogP) is 1.58. The van der Waals surface area contributed by atoms with Crippen LogP contribution in [0.2, 0.25) is 0 Å². The number of hydrogen-bond acceptors (Lipinski definition) is 3. The molecule has 6 nitrogen and oxygen atoms in total. The van der Waals surface area contributed by atoms with Gasteiger partial charge in [0, 0.05) is 19.8 Å². The molecule has 1 saturated carbocycles. The minimum absolute atomic E-state index is 0.191. The van der Waals surface area contributed by atoms with Crippen LogP contribution in [0.3, 0.4) is 0 Å². The Labute approximate surface area is 118 Å². The topological polar surface area (TPSA) is 84.2 Å². The van der Waals surface area contributed by atoms with Gasteiger partial charge in [-0.15, -0.1) is 0 Å². The zero-order valence-electron chi connectivity index (χ0n) is 11.8. The van der Waals surface area contributed by atoms with Crippen LogP contribution in [-0.4, -0.2) is 33.3 Å². The highest BCUT2D eigenvalue weighted by atomic mass is 16.4. The summed E-state index contributed by atoms with van der Waals surface area (Å²) in [6.07, 6.45) is 8.35. The van der Waals surface area contributed by atoms with E-state index in [4.69, 9.17) is 0 Å². The van der Waals surface area contributed by atoms with Crippen molar-refractivity contribution in [2.45, 2.75) is 38.5 Å². The van der Waals surface area contributed by atoms with Crippen LogP contribution < -0.4 is 5.32 Å². The molecule has 1 amide bonds. The number of aliphatic carboxylic acids is 1. The van der Waals surface area contributed by atoms with E-state index in [1.807, 2.05) is 0 Å². The molecule has 1 aliphatic rings. The Hall–Kier alpha value is -1.85. The summed E-state index contributed by atoms with van der Waals surface area (Å²) in [6, 6.07) is 0. The molecule has 2 rings (SSSR count). The summed E-state index contributed by atoms with van der Waals surface area (Å²) in [5, 5.41) is 16.2. The maximum Gasteiger partial charge on any atom is 0.311 e. The lowest BCUT2D eigenvalue weighted by molar-refractivity contribution is -0.149. The van der Waals surface area contributed by atoms with Crippen LogP contribution in [0.1, 0.15) is 48.9 Å². The van der Waals surface area contributed by atoms with Crippen molar-refractivity contribution in [2.75, 3.05) is 6.54 Å². The molecule has 0 unspecified atom stereocenters. The van der Waals surface area contributed by atoms with Crippen molar-refractivity contribution in [3.8, 4) is 0 Å². The van der Waals surface area contributed by atoms with Crippen LogP contribution in [-0.2, 0) is 11.8 Å². The van der Waals surface area contributed by atoms with Crippen LogP contribution in [0.4, 0.5) is 0 Å². The highest BCUT2D eigenvalue weighted by Crippen LogP contribution is 2.34. The first-order valence-electron chi connectivity index (χ1n) is 7.04. The van der Waals surface area contributed by atoms with Gasteiger partial charge in [-0.05, 0) is 12.8 Å². The molecule has 0 saturated heterocycles. The zero-order chi connectivity index (χ0) is 14.6. The van der Waals surface area contributed by atoms with E-state index in [-0.39, 0.29) is 12.5 Å². The number of nitrogens with zero attached hydrogens (tertiary/aromatic N) is 2. The average molecular weight is 279 g/mol. The van der Waals surface area contributed by atoms with E-state index in [0.717, 1.165) is 25.7 Å². The van der Waals surface area contributed by atoms with E-state index in [1.165, 1.54) is 6.20 Å². The predicted molar refractivity (Wildman–Crippen MR) is 73.3 cm³/mol. The molecule has 110 valence electrons. The van der Waals surface area contributed by atoms with Gasteiger partial charge in [-0.3, -0.25) is 14.3 Å². The Kier molecular flexibility index (Phi) is 4.42. The minimum Gasteiger partial charge on any atom is -0.481 e. The molecule has 2 N–H and O–H groups in total. The van der Waals surface area contributed by atoms with Crippen LogP contribution in [0.5, 0.6) is 0 Å². The lowest BCUT2D eigenvalue weighted by Crippen LogP contribution is -2.42. The zero-order valence-corrected chi connectivity index (χ0v) is 11.8. The summed E-state index contributed by atoms with van der Waals surface area (Å²) in [4.78, 5) is 23.6. The lowest BCUT2D eigenvalue weighted by atomic mass is 9.80. The summed E-state index contributed by atoms with van der Waals surface area (Å²) in [5.74, 6) is -1.06. The second kappa shape index (κ2) is 6.07. The molecular formula is C14H21N3O3. The van der Waals surface area contributed by atoms with Crippen molar-refractivity contribution in [3.63, 3.8) is 0 Å². The van der Waals surface area contributed by atoms with Gasteiger partial charge in [-0.1, -0.05) is 25.7 Å². The van der Waals surface area contributed by atoms with Gasteiger partial charge in [0.1, 0.15) is 0 Å². The van der Waals surface area contributed by atoms with E-state index in [0.29, 0.717) is 18.4 Å². The third kappa shape index (κ3) is 3.18. The van der Waals surface area contributed by atoms with Crippen LogP contribution in [0.25, 0.3) is 0 Å². The van der Waals surface area contributed by atoms with Gasteiger partial charge >= 0.3 is 5.97 Å². The number of aromatic nitrogens is 2. The van der Waals surface area contributed by atoms with Gasteiger partial charge in [-0.2, -0.15) is 5.10 Å². The van der Waals surface area contributed by atoms with Gasteiger partial charge < -0.3 is 10.4 Å². The molecule has 0 radical (unpaired) electrons. The maximum atomic E-state index is 12.0. The molecule has 20 heavy (non-hydrogen) atoms. The maximum absolute atomic E-state index is 12.0. The first kappa shape index (κ1) is 14.6. The molecule has 0 spiro atoms. The minimum atomic E-state index is -0.811. The quantitative estimate of drug-likeness (QED) is 0.819. The molecule has 0 bridgehead atoms. The molecule has 1 fully saturated rings. The van der Waals surface area contributed by atoms with Gasteiger partial charge in [-0.25, -0.2) is 0 Å². The smallest absolute Gasteiger partial charge is 0.311 e. The Bertz CT molecular complexity index is 488. The third-order valence-corrected chi connectivity index (χ3v) is 4.07. The second-order valence-corrected chi connectivity index (χ2v) is 5.59. The van der Waals surface area contributed by atoms with Crippen molar-refractivity contribution in [1.82, 2.24) is 15.1 Å². The fraction of sp³-hybridized carbons (Fsp3) is 0.643. The van der Waals surface area contributed by atoms with Gasteiger partial charge in [0.05, 0.1) is 17.2 Å². The Morgan fingerprint density at radius 3 is 2.50 bits per heavy atom. The van der Waals surface area contributed by atoms with Crippen molar-refractivity contribution in [2.24, 2.45) is 12.5 Å². The summed E-state index contributed by atoms with van der Waals surface area (Å²) in [6.45, 7) is 0.191. The monoisotopic (exact) mass is 279 g/mol. The van der Waals surface area contributed by atoms with E-state index in [2.05, 4.69) is 10.4 Å². The molecule has 1 aromatic rings. The molecule has 1 aliphatic carbocycles. The number of carboxylic acid groups (broad SMARTS) is 1. The van der Waals surface area contributed by atoms with E-state index < -0.39 is 11.4 Å². The Balaban J connectivity index is 2.01. The molecule has 0 aliphatic heterocycles. The standard InChI is InChI=1S/C14H21N3O3/c1-17-9-11(8-16-17)12(18)15-10-14(13(19)20)6-4-2-3-5-7-14/h8-9H,2-7,10H2,1H3,(H,15,18)(H,19,20). The van der Waals surface area contributed by atoms with Gasteiger partial charge in [0.25, 0.3) is 5.91 Å². The van der Waals surface area contributed by atoms with Crippen molar-refractivity contribution in [3.05, 3.63) is 18.0 Å². The number of rotatable bonds is 4. The summed E-state index contributed by atoms with van der Waals surface area (Å²) >= 11 is 0. The normalized spacial score (nSPS) is 18.2. The Morgan fingerprint density at radius 2 is 2.00 bits per heavy atom. The fourth-order valence-corrected chi connectivity index (χ4v) is 2.76. The fourth-order valence-electron chi connectivity index (χ4n) is 2.76. The van der Waals surface area contributed by atoms with Crippen molar-refractivity contribution < 1.29 is 14.7 Å². The number of carbonyl (C=O) groups is 2. The first-order valence-corrected chi connectivity index (χ1v) is 7.04. The summed E-state index contributed by atoms with van der Waals surface area (Å²) < 4.78 is 1.55. The van der Waals surface area contributed by atoms with E-state index in [1.54, 1.807) is 17.9 Å². The molecular weight excluding hydrogens is 258 g/mol. The number of nitrogens with one attached hydrogen (secondary N) is 1. The number of aryl methyl sites for hydroxylation is 1. The van der Waals surface area contributed by atoms with Gasteiger partial charge in [0.15, 0.2) is 0 Å². The molecule has 1 aromatic heterocycles. The highest BCUT2D eigenvalue weighted by Gasteiger charge is 2.38. The number of hydrogen-bond donors (Lipinski definition) is 2. The molecule has 0 aromatic carbocycles. The van der Waals surface area contributed by atoms with Crippen LogP contribution in [0.15, 0.2) is 12.4 Å². The average Bonchev–Trinajstić information content (AvgIpc) is 2.71. The van der Waals surface area contributed by atoms with Crippen molar-refractivity contribution in [1.29, 1.82) is 0 Å². The molecule has 1 heterocycles. The van der Waals surface area contributed by atoms with Crippen molar-refractivity contribution >= 4 is 11.9 Å². The largest absolute Gasteiger partial charge is 0.481 e. The summed E-state index contributed by atoms with van der Waals surface area (Å²) in [5.41, 5.74) is -0.351. The lowest BCUT2D eigenvalue weighted by Gasteiger charge is -2.28. The van der Waals surface area contributed by atoms with Gasteiger partial charge in [0.2, 0.25) is 0 Å². The number of amides is 1. The van der Waals surface area contributed by atoms with E-state index in [9.17, 15) is 14.7 Å². The second-order valence-electron chi connectivity index (χ2n) is 5.59. The third-order valence-electron chi connectivity index (χ3n) is 4.07. The molecule has 6 heteroatoms. The van der Waals surface area contributed by atoms with Crippen LogP contribution >= 0.6 is 0 Å². The first-order chi connectivity index (χ1) is 9.53. The SMILES string of the molecule is Cn1cc(C(=O)NCC2(C(=O)O)CCCCCC2)cn1. The Morgan fingerprint density at radius 1 is 1.35 bits per heavy atom. The van der Waals surface area contributed by atoms with E-state index >= 15 is 0 Å². The summed E-state index contributed by atoms with van der Waals surface area (Å²) in [7, 11) is 1.74. The number of carbonyl (C=O) groups excluding carboxylic acids is 1. The molecule has 0 atom stereocenters. The highest BCUT2D eigenvalue weighted by molar-refractivity contribution is 5.94. The number of carboxylic acids is 1.